The lowest BCUT2D eigenvalue weighted by molar-refractivity contribution is -0.124. The van der Waals surface area contributed by atoms with Gasteiger partial charge in [0.05, 0.1) is 22.9 Å². The van der Waals surface area contributed by atoms with Gasteiger partial charge in [0.25, 0.3) is 0 Å². The average Bonchev–Trinajstić information content (AvgIpc) is 2.83. The molecule has 0 saturated heterocycles. The van der Waals surface area contributed by atoms with Gasteiger partial charge in [0.2, 0.25) is 5.91 Å². The van der Waals surface area contributed by atoms with Crippen molar-refractivity contribution < 1.29 is 4.79 Å². The highest BCUT2D eigenvalue weighted by Crippen LogP contribution is 2.11. The number of nitrogens with zero attached hydrogens (tertiary/aromatic N) is 3. The number of carbonyl (C=O) groups excluding carboxylic acids is 1. The molecule has 2 heterocycles. The molecular formula is C12H13BrN4O. The number of rotatable bonds is 4. The summed E-state index contributed by atoms with van der Waals surface area (Å²) >= 11 is 3.30. The van der Waals surface area contributed by atoms with Crippen molar-refractivity contribution in [3.05, 3.63) is 47.0 Å². The molecule has 0 unspecified atom stereocenters. The first-order valence-electron chi connectivity index (χ1n) is 5.54. The zero-order valence-corrected chi connectivity index (χ0v) is 11.5. The first kappa shape index (κ1) is 12.8. The van der Waals surface area contributed by atoms with Crippen LogP contribution in [0.25, 0.3) is 0 Å². The van der Waals surface area contributed by atoms with Gasteiger partial charge < -0.3 is 5.32 Å². The van der Waals surface area contributed by atoms with Gasteiger partial charge in [-0.05, 0) is 35.0 Å². The molecular weight excluding hydrogens is 296 g/mol. The molecule has 1 N–H and O–H groups in total. The monoisotopic (exact) mass is 308 g/mol. The minimum Gasteiger partial charge on any atom is -0.349 e. The Morgan fingerprint density at radius 3 is 3.00 bits per heavy atom. The van der Waals surface area contributed by atoms with E-state index in [4.69, 9.17) is 0 Å². The Kier molecular flexibility index (Phi) is 4.09. The number of hydrogen-bond donors (Lipinski definition) is 1. The number of carbonyl (C=O) groups is 1. The maximum absolute atomic E-state index is 11.9. The molecule has 0 radical (unpaired) electrons. The number of aromatic nitrogens is 3. The van der Waals surface area contributed by atoms with E-state index in [1.165, 1.54) is 0 Å². The summed E-state index contributed by atoms with van der Waals surface area (Å²) in [6.45, 7) is 2.22. The summed E-state index contributed by atoms with van der Waals surface area (Å²) in [4.78, 5) is 16.1. The Balaban J connectivity index is 1.92. The Labute approximate surface area is 113 Å². The molecule has 1 amide bonds. The molecule has 0 aliphatic heterocycles. The van der Waals surface area contributed by atoms with Gasteiger partial charge in [-0.3, -0.25) is 14.5 Å². The maximum atomic E-state index is 11.9. The first-order chi connectivity index (χ1) is 8.66. The largest absolute Gasteiger partial charge is 0.349 e. The van der Waals surface area contributed by atoms with Gasteiger partial charge in [-0.2, -0.15) is 5.10 Å². The highest BCUT2D eigenvalue weighted by Gasteiger charge is 2.15. The fraction of sp³-hybridized carbons (Fsp3) is 0.250. The van der Waals surface area contributed by atoms with E-state index in [-0.39, 0.29) is 11.9 Å². The summed E-state index contributed by atoms with van der Waals surface area (Å²) in [6.07, 6.45) is 5.13. The molecule has 0 bridgehead atoms. The molecule has 0 spiro atoms. The van der Waals surface area contributed by atoms with Crippen LogP contribution in [-0.2, 0) is 11.3 Å². The van der Waals surface area contributed by atoms with Crippen molar-refractivity contribution in [2.75, 3.05) is 0 Å². The number of halogens is 1. The van der Waals surface area contributed by atoms with E-state index in [0.717, 1.165) is 10.2 Å². The molecule has 1 atom stereocenters. The zero-order chi connectivity index (χ0) is 13.0. The van der Waals surface area contributed by atoms with Crippen LogP contribution in [0.5, 0.6) is 0 Å². The second-order valence-corrected chi connectivity index (χ2v) is 4.77. The van der Waals surface area contributed by atoms with Gasteiger partial charge >= 0.3 is 0 Å². The van der Waals surface area contributed by atoms with Crippen molar-refractivity contribution >= 4 is 21.8 Å². The summed E-state index contributed by atoms with van der Waals surface area (Å²) in [5.41, 5.74) is 0.833. The van der Waals surface area contributed by atoms with Crippen LogP contribution in [0, 0.1) is 0 Å². The highest BCUT2D eigenvalue weighted by molar-refractivity contribution is 9.10. The van der Waals surface area contributed by atoms with E-state index in [2.05, 4.69) is 31.3 Å². The third-order valence-electron chi connectivity index (χ3n) is 2.52. The van der Waals surface area contributed by atoms with Gasteiger partial charge in [0.1, 0.15) is 6.04 Å². The quantitative estimate of drug-likeness (QED) is 0.938. The third-order valence-corrected chi connectivity index (χ3v) is 2.93. The van der Waals surface area contributed by atoms with E-state index in [9.17, 15) is 4.79 Å². The predicted octanol–water partition coefficient (Wildman–Crippen LogP) is 1.92. The van der Waals surface area contributed by atoms with Crippen LogP contribution in [0.2, 0.25) is 0 Å². The summed E-state index contributed by atoms with van der Waals surface area (Å²) in [5.74, 6) is -0.0868. The van der Waals surface area contributed by atoms with E-state index >= 15 is 0 Å². The molecule has 2 aromatic rings. The molecule has 5 nitrogen and oxygen atoms in total. The molecule has 2 aromatic heterocycles. The predicted molar refractivity (Wildman–Crippen MR) is 70.7 cm³/mol. The lowest BCUT2D eigenvalue weighted by atomic mass is 10.3. The van der Waals surface area contributed by atoms with Crippen molar-refractivity contribution in [1.29, 1.82) is 0 Å². The lowest BCUT2D eigenvalue weighted by Gasteiger charge is -2.12. The molecule has 2 rings (SSSR count). The second-order valence-electron chi connectivity index (χ2n) is 3.85. The highest BCUT2D eigenvalue weighted by atomic mass is 79.9. The standard InChI is InChI=1S/C12H13BrN4O/c1-9(17-8-10(13)6-16-17)12(18)15-7-11-4-2-3-5-14-11/h2-6,8-9H,7H2,1H3,(H,15,18)/t9-/m0/s1. The van der Waals surface area contributed by atoms with Gasteiger partial charge in [-0.1, -0.05) is 6.07 Å². The smallest absolute Gasteiger partial charge is 0.244 e. The number of nitrogens with one attached hydrogen (secondary N) is 1. The summed E-state index contributed by atoms with van der Waals surface area (Å²) in [7, 11) is 0. The van der Waals surface area contributed by atoms with Crippen LogP contribution in [0.1, 0.15) is 18.7 Å². The molecule has 6 heteroatoms. The first-order valence-corrected chi connectivity index (χ1v) is 6.33. The Hall–Kier alpha value is -1.69. The van der Waals surface area contributed by atoms with Crippen LogP contribution in [0.15, 0.2) is 41.3 Å². The van der Waals surface area contributed by atoms with E-state index in [0.29, 0.717) is 6.54 Å². The van der Waals surface area contributed by atoms with Gasteiger partial charge in [-0.15, -0.1) is 0 Å². The van der Waals surface area contributed by atoms with Crippen molar-refractivity contribution in [3.63, 3.8) is 0 Å². The lowest BCUT2D eigenvalue weighted by Crippen LogP contribution is -2.31. The maximum Gasteiger partial charge on any atom is 0.244 e. The van der Waals surface area contributed by atoms with Crippen LogP contribution >= 0.6 is 15.9 Å². The van der Waals surface area contributed by atoms with Crippen LogP contribution in [0.4, 0.5) is 0 Å². The van der Waals surface area contributed by atoms with Crippen molar-refractivity contribution in [1.82, 2.24) is 20.1 Å². The summed E-state index contributed by atoms with van der Waals surface area (Å²) < 4.78 is 2.46. The second kappa shape index (κ2) is 5.77. The van der Waals surface area contributed by atoms with Crippen molar-refractivity contribution in [3.8, 4) is 0 Å². The molecule has 0 aliphatic rings. The van der Waals surface area contributed by atoms with Crippen molar-refractivity contribution in [2.24, 2.45) is 0 Å². The Morgan fingerprint density at radius 1 is 1.56 bits per heavy atom. The zero-order valence-electron chi connectivity index (χ0n) is 9.88. The van der Waals surface area contributed by atoms with E-state index in [1.54, 1.807) is 30.2 Å². The fourth-order valence-electron chi connectivity index (χ4n) is 1.47. The van der Waals surface area contributed by atoms with E-state index in [1.807, 2.05) is 18.2 Å². The number of pyridine rings is 1. The Bertz CT molecular complexity index is 526. The SMILES string of the molecule is C[C@@H](C(=O)NCc1ccccn1)n1cc(Br)cn1. The minimum absolute atomic E-state index is 0.0868. The fourth-order valence-corrected chi connectivity index (χ4v) is 1.78. The average molecular weight is 309 g/mol. The van der Waals surface area contributed by atoms with Gasteiger partial charge in [-0.25, -0.2) is 0 Å². The van der Waals surface area contributed by atoms with Crippen LogP contribution in [0.3, 0.4) is 0 Å². The number of hydrogen-bond acceptors (Lipinski definition) is 3. The van der Waals surface area contributed by atoms with Crippen LogP contribution in [-0.4, -0.2) is 20.7 Å². The minimum atomic E-state index is -0.347. The molecule has 0 aromatic carbocycles. The summed E-state index contributed by atoms with van der Waals surface area (Å²) in [5, 5.41) is 6.91. The normalized spacial score (nSPS) is 12.1. The van der Waals surface area contributed by atoms with Gasteiger partial charge in [0, 0.05) is 12.4 Å². The Morgan fingerprint density at radius 2 is 2.39 bits per heavy atom. The third kappa shape index (κ3) is 3.16. The van der Waals surface area contributed by atoms with Gasteiger partial charge in [0.15, 0.2) is 0 Å². The molecule has 0 saturated carbocycles. The molecule has 94 valence electrons. The topological polar surface area (TPSA) is 59.8 Å². The number of amides is 1. The summed E-state index contributed by atoms with van der Waals surface area (Å²) in [6, 6.07) is 5.26. The molecule has 18 heavy (non-hydrogen) atoms. The van der Waals surface area contributed by atoms with Crippen molar-refractivity contribution in [2.45, 2.75) is 19.5 Å². The molecule has 0 fully saturated rings. The van der Waals surface area contributed by atoms with Crippen LogP contribution < -0.4 is 5.32 Å². The van der Waals surface area contributed by atoms with E-state index < -0.39 is 0 Å². The molecule has 0 aliphatic carbocycles.